The predicted molar refractivity (Wildman–Crippen MR) is 147 cm³/mol. The first kappa shape index (κ1) is 24.1. The molecule has 3 heterocycles. The molecule has 0 N–H and O–H groups in total. The lowest BCUT2D eigenvalue weighted by atomic mass is 9.94. The van der Waals surface area contributed by atoms with Gasteiger partial charge in [-0.05, 0) is 42.2 Å². The van der Waals surface area contributed by atoms with Gasteiger partial charge in [0.2, 0.25) is 5.91 Å². The molecule has 0 unspecified atom stereocenters. The second-order valence-electron chi connectivity index (χ2n) is 9.95. The minimum atomic E-state index is -0.231. The van der Waals surface area contributed by atoms with Gasteiger partial charge in [0.25, 0.3) is 0 Å². The molecular weight excluding hydrogens is 483 g/mol. The van der Waals surface area contributed by atoms with Crippen molar-refractivity contribution in [2.24, 2.45) is 5.92 Å². The van der Waals surface area contributed by atoms with Crippen LogP contribution in [0.3, 0.4) is 0 Å². The Morgan fingerprint density at radius 3 is 2.08 bits per heavy atom. The molecule has 1 amide bonds. The Balaban J connectivity index is 1.07. The average molecular weight is 515 g/mol. The summed E-state index contributed by atoms with van der Waals surface area (Å²) >= 11 is 1.53. The number of fused-ring (bicyclic) bond motifs is 1. The van der Waals surface area contributed by atoms with Gasteiger partial charge < -0.3 is 9.80 Å². The monoisotopic (exact) mass is 514 g/mol. The number of amides is 1. The molecule has 37 heavy (non-hydrogen) atoms. The van der Waals surface area contributed by atoms with Crippen LogP contribution in [0.5, 0.6) is 0 Å². The lowest BCUT2D eigenvalue weighted by molar-refractivity contribution is -0.138. The van der Waals surface area contributed by atoms with E-state index in [9.17, 15) is 9.18 Å². The summed E-state index contributed by atoms with van der Waals surface area (Å²) in [4.78, 5) is 24.9. The molecule has 5 nitrogen and oxygen atoms in total. The van der Waals surface area contributed by atoms with Crippen LogP contribution >= 0.6 is 11.3 Å². The zero-order chi connectivity index (χ0) is 25.2. The van der Waals surface area contributed by atoms with Crippen LogP contribution in [0.1, 0.15) is 30.0 Å². The van der Waals surface area contributed by atoms with Gasteiger partial charge in [-0.3, -0.25) is 9.69 Å². The first-order chi connectivity index (χ1) is 18.2. The summed E-state index contributed by atoms with van der Waals surface area (Å²) in [5.41, 5.74) is 3.42. The molecule has 2 aliphatic rings. The molecule has 7 heteroatoms. The minimum Gasteiger partial charge on any atom is -0.348 e. The van der Waals surface area contributed by atoms with Gasteiger partial charge >= 0.3 is 0 Å². The molecule has 2 fully saturated rings. The minimum absolute atomic E-state index is 0.0636. The van der Waals surface area contributed by atoms with Crippen molar-refractivity contribution in [3.63, 3.8) is 0 Å². The van der Waals surface area contributed by atoms with E-state index < -0.39 is 0 Å². The van der Waals surface area contributed by atoms with E-state index in [-0.39, 0.29) is 17.8 Å². The van der Waals surface area contributed by atoms with Gasteiger partial charge in [-0.2, -0.15) is 0 Å². The largest absolute Gasteiger partial charge is 0.348 e. The lowest BCUT2D eigenvalue weighted by Gasteiger charge is -2.41. The van der Waals surface area contributed by atoms with Crippen molar-refractivity contribution in [3.05, 3.63) is 95.8 Å². The summed E-state index contributed by atoms with van der Waals surface area (Å²) in [6, 6.07) is 26.3. The maximum Gasteiger partial charge on any atom is 0.225 e. The molecule has 6 rings (SSSR count). The van der Waals surface area contributed by atoms with Crippen molar-refractivity contribution in [2.75, 3.05) is 44.2 Å². The van der Waals surface area contributed by atoms with Crippen LogP contribution in [0.4, 0.5) is 9.52 Å². The van der Waals surface area contributed by atoms with E-state index in [4.69, 9.17) is 0 Å². The quantitative estimate of drug-likeness (QED) is 0.348. The highest BCUT2D eigenvalue weighted by molar-refractivity contribution is 7.22. The third-order valence-electron chi connectivity index (χ3n) is 7.68. The Labute approximate surface area is 221 Å². The van der Waals surface area contributed by atoms with Gasteiger partial charge in [0, 0.05) is 45.2 Å². The topological polar surface area (TPSA) is 39.7 Å². The van der Waals surface area contributed by atoms with Crippen molar-refractivity contribution >= 4 is 32.6 Å². The van der Waals surface area contributed by atoms with Gasteiger partial charge in [-0.15, -0.1) is 0 Å². The second-order valence-corrected chi connectivity index (χ2v) is 11.0. The molecule has 0 atom stereocenters. The highest BCUT2D eigenvalue weighted by atomic mass is 32.1. The number of carbonyl (C=O) groups excluding carboxylic acids is 1. The third kappa shape index (κ3) is 5.11. The number of hydrogen-bond donors (Lipinski definition) is 0. The highest BCUT2D eigenvalue weighted by Crippen LogP contribution is 2.33. The van der Waals surface area contributed by atoms with E-state index in [1.165, 1.54) is 28.5 Å². The molecular formula is C30H31FN4OS. The molecule has 2 saturated heterocycles. The maximum absolute atomic E-state index is 13.6. The number of rotatable bonds is 5. The van der Waals surface area contributed by atoms with Crippen LogP contribution in [0.15, 0.2) is 78.9 Å². The fraction of sp³-hybridized carbons (Fsp3) is 0.333. The summed E-state index contributed by atoms with van der Waals surface area (Å²) in [7, 11) is 0. The van der Waals surface area contributed by atoms with Crippen LogP contribution in [-0.4, -0.2) is 60.0 Å². The summed E-state index contributed by atoms with van der Waals surface area (Å²) in [5.74, 6) is 0.126. The van der Waals surface area contributed by atoms with Crippen molar-refractivity contribution in [1.82, 2.24) is 14.8 Å². The number of benzene rings is 3. The molecule has 4 aromatic rings. The van der Waals surface area contributed by atoms with E-state index in [2.05, 4.69) is 80.3 Å². The summed E-state index contributed by atoms with van der Waals surface area (Å²) in [6.45, 7) is 4.87. The Morgan fingerprint density at radius 1 is 0.838 bits per heavy atom. The predicted octanol–water partition coefficient (Wildman–Crippen LogP) is 5.59. The van der Waals surface area contributed by atoms with Crippen molar-refractivity contribution in [1.29, 1.82) is 0 Å². The van der Waals surface area contributed by atoms with Crippen LogP contribution in [0.2, 0.25) is 0 Å². The molecule has 0 bridgehead atoms. The van der Waals surface area contributed by atoms with E-state index >= 15 is 0 Å². The number of carbonyl (C=O) groups is 1. The maximum atomic E-state index is 13.6. The first-order valence-corrected chi connectivity index (χ1v) is 13.9. The average Bonchev–Trinajstić information content (AvgIpc) is 3.38. The number of aromatic nitrogens is 1. The summed E-state index contributed by atoms with van der Waals surface area (Å²) < 4.78 is 14.4. The van der Waals surface area contributed by atoms with E-state index in [0.29, 0.717) is 5.91 Å². The first-order valence-electron chi connectivity index (χ1n) is 13.1. The van der Waals surface area contributed by atoms with Gasteiger partial charge in [-0.1, -0.05) is 72.0 Å². The molecule has 0 saturated carbocycles. The number of halogens is 1. The number of anilines is 1. The Morgan fingerprint density at radius 2 is 1.46 bits per heavy atom. The van der Waals surface area contributed by atoms with Gasteiger partial charge in [-0.25, -0.2) is 9.37 Å². The summed E-state index contributed by atoms with van der Waals surface area (Å²) in [6.07, 6.45) is 1.67. The van der Waals surface area contributed by atoms with Crippen LogP contribution < -0.4 is 4.90 Å². The smallest absolute Gasteiger partial charge is 0.225 e. The molecule has 0 spiro atoms. The fourth-order valence-corrected chi connectivity index (χ4v) is 6.72. The number of piperidine rings is 1. The normalized spacial score (nSPS) is 17.6. The summed E-state index contributed by atoms with van der Waals surface area (Å²) in [5, 5.41) is 0.924. The number of nitrogens with zero attached hydrogens (tertiary/aromatic N) is 4. The highest BCUT2D eigenvalue weighted by Gasteiger charge is 2.33. The lowest BCUT2D eigenvalue weighted by Crippen LogP contribution is -2.52. The molecule has 190 valence electrons. The van der Waals surface area contributed by atoms with Gasteiger partial charge in [0.05, 0.1) is 16.3 Å². The number of thiazole rings is 1. The molecule has 0 radical (unpaired) electrons. The van der Waals surface area contributed by atoms with Crippen molar-refractivity contribution < 1.29 is 9.18 Å². The molecule has 3 aromatic carbocycles. The molecule has 1 aromatic heterocycles. The van der Waals surface area contributed by atoms with Gasteiger partial charge in [0.15, 0.2) is 5.13 Å². The zero-order valence-electron chi connectivity index (χ0n) is 20.8. The van der Waals surface area contributed by atoms with Gasteiger partial charge in [0.1, 0.15) is 5.82 Å². The second kappa shape index (κ2) is 10.6. The SMILES string of the molecule is O=C(C1CCN(c2nc3ccc(F)cc3s2)CC1)N1CCN(C(c2ccccc2)c2ccccc2)CC1. The number of piperazine rings is 1. The molecule has 0 aliphatic carbocycles. The van der Waals surface area contributed by atoms with E-state index in [1.807, 2.05) is 0 Å². The van der Waals surface area contributed by atoms with Crippen molar-refractivity contribution in [3.8, 4) is 0 Å². The Hall–Kier alpha value is -3.29. The van der Waals surface area contributed by atoms with Crippen LogP contribution in [0, 0.1) is 11.7 Å². The Kier molecular flexibility index (Phi) is 6.89. The van der Waals surface area contributed by atoms with Crippen LogP contribution in [0.25, 0.3) is 10.2 Å². The van der Waals surface area contributed by atoms with Crippen molar-refractivity contribution in [2.45, 2.75) is 18.9 Å². The fourth-order valence-electron chi connectivity index (χ4n) is 5.68. The third-order valence-corrected chi connectivity index (χ3v) is 8.75. The Bertz CT molecular complexity index is 1310. The zero-order valence-corrected chi connectivity index (χ0v) is 21.6. The van der Waals surface area contributed by atoms with E-state index in [0.717, 1.165) is 67.5 Å². The van der Waals surface area contributed by atoms with Crippen LogP contribution in [-0.2, 0) is 4.79 Å². The number of hydrogen-bond acceptors (Lipinski definition) is 5. The standard InChI is InChI=1S/C30H31FN4OS/c31-25-11-12-26-27(21-25)37-30(32-26)35-15-13-24(14-16-35)29(36)34-19-17-33(18-20-34)28(22-7-3-1-4-8-22)23-9-5-2-6-10-23/h1-12,21,24,28H,13-20H2. The molecule has 2 aliphatic heterocycles. The van der Waals surface area contributed by atoms with E-state index in [1.54, 1.807) is 12.1 Å².